The molecule has 8 rings (SSSR count). The summed E-state index contributed by atoms with van der Waals surface area (Å²) in [6.45, 7) is 5.60. The van der Waals surface area contributed by atoms with Gasteiger partial charge in [-0.3, -0.25) is 24.1 Å². The average molecular weight is 636 g/mol. The SMILES string of the molecule is CC(C)(C)N1C(=O)[C@H]2[C@H](CC=C3[C@H]2C[C@H]2C(=O)C(c4ccccc4)=CC(=O)[C@@]2(c2ccccc2)[C@H]3c2ccc3ccccc3c2O)C1=O. The first kappa shape index (κ1) is 30.2. The highest BCUT2D eigenvalue weighted by atomic mass is 16.3. The molecule has 0 radical (unpaired) electrons. The molecule has 6 nitrogen and oxygen atoms in total. The van der Waals surface area contributed by atoms with Crippen molar-refractivity contribution in [3.63, 3.8) is 0 Å². The monoisotopic (exact) mass is 635 g/mol. The van der Waals surface area contributed by atoms with Crippen LogP contribution in [-0.4, -0.2) is 38.9 Å². The average Bonchev–Trinajstić information content (AvgIpc) is 3.36. The zero-order chi connectivity index (χ0) is 33.5. The van der Waals surface area contributed by atoms with Crippen molar-refractivity contribution < 1.29 is 24.3 Å². The molecule has 1 saturated heterocycles. The van der Waals surface area contributed by atoms with Crippen LogP contribution in [0, 0.1) is 23.7 Å². The van der Waals surface area contributed by atoms with Crippen LogP contribution < -0.4 is 0 Å². The van der Waals surface area contributed by atoms with Gasteiger partial charge in [0.25, 0.3) is 0 Å². The van der Waals surface area contributed by atoms with Crippen molar-refractivity contribution >= 4 is 39.7 Å². The lowest BCUT2D eigenvalue weighted by molar-refractivity contribution is -0.145. The molecule has 4 aromatic rings. The van der Waals surface area contributed by atoms with Crippen molar-refractivity contribution in [3.05, 3.63) is 131 Å². The van der Waals surface area contributed by atoms with E-state index in [0.29, 0.717) is 34.1 Å². The molecule has 4 aromatic carbocycles. The number of aromatic hydroxyl groups is 1. The van der Waals surface area contributed by atoms with Crippen molar-refractivity contribution in [2.24, 2.45) is 23.7 Å². The number of imide groups is 1. The van der Waals surface area contributed by atoms with Crippen LogP contribution in [0.4, 0.5) is 0 Å². The second kappa shape index (κ2) is 10.7. The van der Waals surface area contributed by atoms with Crippen molar-refractivity contribution in [3.8, 4) is 5.75 Å². The number of phenolic OH excluding ortho intramolecular Hbond substituents is 1. The van der Waals surface area contributed by atoms with Crippen molar-refractivity contribution in [1.82, 2.24) is 4.90 Å². The molecule has 1 saturated carbocycles. The van der Waals surface area contributed by atoms with E-state index in [-0.39, 0.29) is 35.6 Å². The van der Waals surface area contributed by atoms with Crippen LogP contribution in [0.5, 0.6) is 5.75 Å². The van der Waals surface area contributed by atoms with Crippen LogP contribution in [0.1, 0.15) is 56.2 Å². The van der Waals surface area contributed by atoms with E-state index in [1.165, 1.54) is 11.0 Å². The second-order valence-electron chi connectivity index (χ2n) is 14.7. The Hall–Kier alpha value is -5.10. The highest BCUT2D eigenvalue weighted by molar-refractivity contribution is 6.31. The summed E-state index contributed by atoms with van der Waals surface area (Å²) in [6.07, 6.45) is 4.13. The molecule has 6 heteroatoms. The van der Waals surface area contributed by atoms with Gasteiger partial charge in [0, 0.05) is 33.9 Å². The molecule has 1 N–H and O–H groups in total. The van der Waals surface area contributed by atoms with Crippen molar-refractivity contribution in [2.45, 2.75) is 50.5 Å². The molecule has 1 heterocycles. The highest BCUT2D eigenvalue weighted by Gasteiger charge is 2.66. The number of Topliss-reactive ketones (excluding diaryl/α,β-unsaturated/α-hetero) is 1. The quantitative estimate of drug-likeness (QED) is 0.190. The molecular weight excluding hydrogens is 598 g/mol. The van der Waals surface area contributed by atoms with E-state index < -0.39 is 40.5 Å². The lowest BCUT2D eigenvalue weighted by Crippen LogP contribution is -2.59. The minimum absolute atomic E-state index is 0.0547. The summed E-state index contributed by atoms with van der Waals surface area (Å²) in [4.78, 5) is 59.8. The minimum atomic E-state index is -1.39. The third-order valence-electron chi connectivity index (χ3n) is 11.3. The van der Waals surface area contributed by atoms with Crippen LogP contribution in [-0.2, 0) is 24.6 Å². The molecule has 2 amide bonds. The number of benzene rings is 4. The number of nitrogens with zero attached hydrogens (tertiary/aromatic N) is 1. The number of rotatable bonds is 3. The van der Waals surface area contributed by atoms with E-state index in [4.69, 9.17) is 0 Å². The van der Waals surface area contributed by atoms with Gasteiger partial charge in [-0.1, -0.05) is 109 Å². The summed E-state index contributed by atoms with van der Waals surface area (Å²) in [5.74, 6) is -4.02. The smallest absolute Gasteiger partial charge is 0.234 e. The Morgan fingerprint density at radius 2 is 1.44 bits per heavy atom. The van der Waals surface area contributed by atoms with Gasteiger partial charge >= 0.3 is 0 Å². The number of hydrogen-bond acceptors (Lipinski definition) is 5. The van der Waals surface area contributed by atoms with Gasteiger partial charge < -0.3 is 5.11 Å². The summed E-state index contributed by atoms with van der Waals surface area (Å²) < 4.78 is 0. The molecule has 0 aromatic heterocycles. The Kier molecular flexibility index (Phi) is 6.75. The molecule has 240 valence electrons. The highest BCUT2D eigenvalue weighted by Crippen LogP contribution is 2.64. The first-order chi connectivity index (χ1) is 23.0. The lowest BCUT2D eigenvalue weighted by atomic mass is 9.44. The van der Waals surface area contributed by atoms with Crippen LogP contribution in [0.3, 0.4) is 0 Å². The van der Waals surface area contributed by atoms with E-state index >= 15 is 9.59 Å². The third-order valence-corrected chi connectivity index (χ3v) is 11.3. The van der Waals surface area contributed by atoms with E-state index in [0.717, 1.165) is 11.0 Å². The fourth-order valence-electron chi connectivity index (χ4n) is 9.38. The van der Waals surface area contributed by atoms with Gasteiger partial charge in [0.15, 0.2) is 11.6 Å². The molecule has 0 bridgehead atoms. The molecule has 48 heavy (non-hydrogen) atoms. The maximum atomic E-state index is 15.2. The number of phenols is 1. The van der Waals surface area contributed by atoms with Crippen LogP contribution >= 0.6 is 0 Å². The van der Waals surface area contributed by atoms with Gasteiger partial charge in [0.2, 0.25) is 11.8 Å². The van der Waals surface area contributed by atoms with Gasteiger partial charge in [0.1, 0.15) is 5.75 Å². The normalized spacial score (nSPS) is 28.5. The fourth-order valence-corrected chi connectivity index (χ4v) is 9.38. The maximum Gasteiger partial charge on any atom is 0.234 e. The summed E-state index contributed by atoms with van der Waals surface area (Å²) in [5.41, 5.74) is 1.00. The summed E-state index contributed by atoms with van der Waals surface area (Å²) >= 11 is 0. The van der Waals surface area contributed by atoms with E-state index in [1.807, 2.05) is 124 Å². The topological polar surface area (TPSA) is 91.8 Å². The van der Waals surface area contributed by atoms with Gasteiger partial charge in [-0.2, -0.15) is 0 Å². The molecule has 4 aliphatic rings. The van der Waals surface area contributed by atoms with Gasteiger partial charge in [-0.05, 0) is 62.1 Å². The first-order valence-electron chi connectivity index (χ1n) is 16.7. The maximum absolute atomic E-state index is 15.2. The van der Waals surface area contributed by atoms with E-state index in [2.05, 4.69) is 0 Å². The number of carbonyl (C=O) groups is 4. The number of allylic oxidation sites excluding steroid dienone is 4. The van der Waals surface area contributed by atoms with E-state index in [9.17, 15) is 14.7 Å². The first-order valence-corrected chi connectivity index (χ1v) is 16.7. The number of fused-ring (bicyclic) bond motifs is 5. The zero-order valence-corrected chi connectivity index (χ0v) is 27.2. The number of hydrogen-bond donors (Lipinski definition) is 1. The van der Waals surface area contributed by atoms with Crippen LogP contribution in [0.15, 0.2) is 115 Å². The molecule has 0 unspecified atom stereocenters. The number of carbonyl (C=O) groups excluding carboxylic acids is 4. The van der Waals surface area contributed by atoms with Gasteiger partial charge in [-0.15, -0.1) is 0 Å². The molecule has 6 atom stereocenters. The second-order valence-corrected chi connectivity index (χ2v) is 14.7. The summed E-state index contributed by atoms with van der Waals surface area (Å²) in [7, 11) is 0. The van der Waals surface area contributed by atoms with Crippen LogP contribution in [0.25, 0.3) is 16.3 Å². The standard InChI is InChI=1S/C42H37NO5/c1-41(2,3)43-39(47)29-21-20-28-32(35(29)40(43)48)22-33-38(46)31(24-12-6-4-7-13-24)23-34(44)42(33,26-15-8-5-9-16-26)36(28)30-19-18-25-14-10-11-17-27(25)37(30)45/h4-20,23,29,32-33,35-36,45H,21-22H2,1-3H3/t29-,32+,33-,35-,36+,42-/m0/s1. The number of likely N-dealkylation sites (tertiary alicyclic amines) is 1. The number of ketones is 2. The minimum Gasteiger partial charge on any atom is -0.507 e. The molecule has 3 aliphatic carbocycles. The molecular formula is C42H37NO5. The molecule has 2 fully saturated rings. The van der Waals surface area contributed by atoms with Crippen molar-refractivity contribution in [2.75, 3.05) is 0 Å². The van der Waals surface area contributed by atoms with Gasteiger partial charge in [-0.25, -0.2) is 0 Å². The lowest BCUT2D eigenvalue weighted by Gasteiger charge is -2.55. The largest absolute Gasteiger partial charge is 0.507 e. The van der Waals surface area contributed by atoms with Crippen LogP contribution in [0.2, 0.25) is 0 Å². The Morgan fingerprint density at radius 3 is 2.15 bits per heavy atom. The van der Waals surface area contributed by atoms with E-state index in [1.54, 1.807) is 0 Å². The fraction of sp³-hybridized carbons (Fsp3) is 0.286. The Balaban J connectivity index is 1.43. The third kappa shape index (κ3) is 4.11. The van der Waals surface area contributed by atoms with Gasteiger partial charge in [0.05, 0.1) is 17.3 Å². The Morgan fingerprint density at radius 1 is 0.771 bits per heavy atom. The summed E-state index contributed by atoms with van der Waals surface area (Å²) in [5, 5.41) is 13.6. The molecule has 1 aliphatic heterocycles. The Bertz CT molecular complexity index is 2090. The predicted octanol–water partition coefficient (Wildman–Crippen LogP) is 7.17. The summed E-state index contributed by atoms with van der Waals surface area (Å²) in [6, 6.07) is 30.1. The van der Waals surface area contributed by atoms with Crippen molar-refractivity contribution in [1.29, 1.82) is 0 Å². The number of amides is 2. The Labute approximate surface area is 279 Å². The zero-order valence-electron chi connectivity index (χ0n) is 27.2. The predicted molar refractivity (Wildman–Crippen MR) is 184 cm³/mol. The molecule has 0 spiro atoms.